The first-order valence-electron chi connectivity index (χ1n) is 11.9. The van der Waals surface area contributed by atoms with Crippen LogP contribution in [0, 0.1) is 6.92 Å². The summed E-state index contributed by atoms with van der Waals surface area (Å²) >= 11 is 0. The van der Waals surface area contributed by atoms with Crippen molar-refractivity contribution < 1.29 is 19.1 Å². The number of carbonyl (C=O) groups is 2. The van der Waals surface area contributed by atoms with Crippen molar-refractivity contribution in [1.29, 1.82) is 0 Å². The Labute approximate surface area is 210 Å². The smallest absolute Gasteiger partial charge is 0.410 e. The van der Waals surface area contributed by atoms with Gasteiger partial charge in [0.1, 0.15) is 5.60 Å². The van der Waals surface area contributed by atoms with Crippen LogP contribution in [-0.2, 0) is 9.47 Å². The van der Waals surface area contributed by atoms with Crippen LogP contribution in [0.2, 0.25) is 0 Å². The number of ether oxygens (including phenoxy) is 2. The van der Waals surface area contributed by atoms with Crippen LogP contribution in [0.4, 0.5) is 16.4 Å². The van der Waals surface area contributed by atoms with Gasteiger partial charge in [-0.2, -0.15) is 5.10 Å². The van der Waals surface area contributed by atoms with Gasteiger partial charge in [0.2, 0.25) is 5.95 Å². The van der Waals surface area contributed by atoms with Crippen LogP contribution in [0.1, 0.15) is 55.6 Å². The number of nitrogens with zero attached hydrogens (tertiary/aromatic N) is 5. The average molecular weight is 493 g/mol. The fourth-order valence-electron chi connectivity index (χ4n) is 4.05. The summed E-state index contributed by atoms with van der Waals surface area (Å²) in [6.07, 6.45) is 6.77. The van der Waals surface area contributed by atoms with E-state index in [9.17, 15) is 9.59 Å². The summed E-state index contributed by atoms with van der Waals surface area (Å²) in [6.45, 7) is 8.81. The van der Waals surface area contributed by atoms with Crippen molar-refractivity contribution in [2.75, 3.05) is 25.5 Å². The maximum absolute atomic E-state index is 12.3. The molecule has 1 aliphatic rings. The summed E-state index contributed by atoms with van der Waals surface area (Å²) in [5, 5.41) is 7.75. The van der Waals surface area contributed by atoms with Gasteiger partial charge < -0.3 is 19.7 Å². The van der Waals surface area contributed by atoms with Gasteiger partial charge in [-0.1, -0.05) is 12.1 Å². The predicted molar refractivity (Wildman–Crippen MR) is 135 cm³/mol. The Morgan fingerprint density at radius 1 is 1.08 bits per heavy atom. The number of esters is 1. The lowest BCUT2D eigenvalue weighted by molar-refractivity contribution is 0.0184. The molecule has 1 fully saturated rings. The topological polar surface area (TPSA) is 111 Å². The molecule has 0 atom stereocenters. The van der Waals surface area contributed by atoms with Crippen molar-refractivity contribution in [3.63, 3.8) is 0 Å². The molecule has 10 heteroatoms. The highest BCUT2D eigenvalue weighted by Gasteiger charge is 2.28. The third kappa shape index (κ3) is 5.99. The highest BCUT2D eigenvalue weighted by atomic mass is 16.6. The Morgan fingerprint density at radius 2 is 1.78 bits per heavy atom. The number of likely N-dealkylation sites (tertiary alicyclic amines) is 1. The number of hydrogen-bond donors (Lipinski definition) is 1. The van der Waals surface area contributed by atoms with E-state index in [2.05, 4.69) is 20.4 Å². The normalized spacial score (nSPS) is 14.4. The zero-order chi connectivity index (χ0) is 25.9. The Kier molecular flexibility index (Phi) is 7.23. The second-order valence-corrected chi connectivity index (χ2v) is 9.83. The molecule has 1 N–H and O–H groups in total. The minimum atomic E-state index is -0.499. The Balaban J connectivity index is 1.40. The monoisotopic (exact) mass is 492 g/mol. The second-order valence-electron chi connectivity index (χ2n) is 9.83. The molecule has 0 aliphatic carbocycles. The number of aromatic nitrogens is 4. The van der Waals surface area contributed by atoms with Gasteiger partial charge >= 0.3 is 12.1 Å². The molecular weight excluding hydrogens is 460 g/mol. The van der Waals surface area contributed by atoms with E-state index in [1.54, 1.807) is 29.4 Å². The molecule has 1 aliphatic heterocycles. The van der Waals surface area contributed by atoms with Gasteiger partial charge in [0.15, 0.2) is 0 Å². The molecule has 1 saturated heterocycles. The van der Waals surface area contributed by atoms with Crippen LogP contribution < -0.4 is 5.32 Å². The van der Waals surface area contributed by atoms with Crippen LogP contribution in [-0.4, -0.2) is 62.5 Å². The molecule has 0 spiro atoms. The summed E-state index contributed by atoms with van der Waals surface area (Å²) in [5.41, 5.74) is 3.32. The third-order valence-electron chi connectivity index (χ3n) is 5.90. The molecule has 3 heterocycles. The van der Waals surface area contributed by atoms with Crippen molar-refractivity contribution in [3.05, 3.63) is 54.0 Å². The van der Waals surface area contributed by atoms with Gasteiger partial charge in [0.05, 0.1) is 36.3 Å². The summed E-state index contributed by atoms with van der Waals surface area (Å²) in [4.78, 5) is 34.9. The summed E-state index contributed by atoms with van der Waals surface area (Å²) in [5.74, 6) is 0.0720. The molecule has 190 valence electrons. The molecule has 1 aromatic carbocycles. The number of benzene rings is 1. The number of rotatable bonds is 5. The van der Waals surface area contributed by atoms with Crippen molar-refractivity contribution >= 4 is 23.7 Å². The number of carbonyl (C=O) groups excluding carboxylic acids is 2. The molecule has 0 unspecified atom stereocenters. The molecule has 0 bridgehead atoms. The number of piperidine rings is 1. The highest BCUT2D eigenvalue weighted by Crippen LogP contribution is 2.26. The third-order valence-corrected chi connectivity index (χ3v) is 5.90. The van der Waals surface area contributed by atoms with Crippen molar-refractivity contribution in [2.45, 2.75) is 52.2 Å². The van der Waals surface area contributed by atoms with Crippen LogP contribution in [0.15, 0.2) is 42.9 Å². The van der Waals surface area contributed by atoms with Gasteiger partial charge in [-0.3, -0.25) is 4.68 Å². The standard InChI is InChI=1S/C26H32N6O4/c1-17-14-27-24(30-22(17)18-6-8-19(9-7-18)23(33)35-5)29-20-15-28-32(16-20)21-10-12-31(13-11-21)25(34)36-26(2,3)4/h6-9,14-16,21H,10-13H2,1-5H3,(H,27,29,30). The van der Waals surface area contributed by atoms with E-state index in [1.807, 2.05) is 50.7 Å². The molecule has 4 rings (SSSR count). The first-order chi connectivity index (χ1) is 17.1. The largest absolute Gasteiger partial charge is 0.465 e. The SMILES string of the molecule is COC(=O)c1ccc(-c2nc(Nc3cnn(C4CCN(C(=O)OC(C)(C)C)CC4)c3)ncc2C)cc1. The number of nitrogens with one attached hydrogen (secondary N) is 1. The highest BCUT2D eigenvalue weighted by molar-refractivity contribution is 5.90. The molecule has 10 nitrogen and oxygen atoms in total. The molecule has 36 heavy (non-hydrogen) atoms. The van der Waals surface area contributed by atoms with E-state index in [0.29, 0.717) is 24.6 Å². The minimum Gasteiger partial charge on any atom is -0.465 e. The van der Waals surface area contributed by atoms with Crippen LogP contribution in [0.25, 0.3) is 11.3 Å². The maximum Gasteiger partial charge on any atom is 0.410 e. The van der Waals surface area contributed by atoms with E-state index in [1.165, 1.54) is 7.11 Å². The van der Waals surface area contributed by atoms with E-state index >= 15 is 0 Å². The Bertz CT molecular complexity index is 1220. The van der Waals surface area contributed by atoms with Gasteiger partial charge in [0.25, 0.3) is 0 Å². The minimum absolute atomic E-state index is 0.196. The lowest BCUT2D eigenvalue weighted by Crippen LogP contribution is -2.42. The fourth-order valence-corrected chi connectivity index (χ4v) is 4.05. The molecule has 1 amide bonds. The Hall–Kier alpha value is -3.95. The summed E-state index contributed by atoms with van der Waals surface area (Å²) < 4.78 is 12.2. The lowest BCUT2D eigenvalue weighted by atomic mass is 10.1. The van der Waals surface area contributed by atoms with E-state index in [0.717, 1.165) is 35.3 Å². The zero-order valence-electron chi connectivity index (χ0n) is 21.3. The Morgan fingerprint density at radius 3 is 2.42 bits per heavy atom. The molecule has 3 aromatic rings. The number of amides is 1. The lowest BCUT2D eigenvalue weighted by Gasteiger charge is -2.33. The van der Waals surface area contributed by atoms with Crippen LogP contribution >= 0.6 is 0 Å². The fraction of sp³-hybridized carbons (Fsp3) is 0.423. The van der Waals surface area contributed by atoms with Gasteiger partial charge in [-0.25, -0.2) is 19.6 Å². The average Bonchev–Trinajstić information content (AvgIpc) is 3.32. The molecule has 0 radical (unpaired) electrons. The quantitative estimate of drug-likeness (QED) is 0.508. The van der Waals surface area contributed by atoms with Crippen molar-refractivity contribution in [1.82, 2.24) is 24.6 Å². The second kappa shape index (κ2) is 10.3. The first-order valence-corrected chi connectivity index (χ1v) is 11.9. The van der Waals surface area contributed by atoms with Gasteiger partial charge in [0, 0.05) is 31.0 Å². The van der Waals surface area contributed by atoms with Crippen LogP contribution in [0.5, 0.6) is 0 Å². The zero-order valence-corrected chi connectivity index (χ0v) is 21.3. The number of hydrogen-bond acceptors (Lipinski definition) is 8. The van der Waals surface area contributed by atoms with E-state index in [4.69, 9.17) is 9.47 Å². The van der Waals surface area contributed by atoms with Crippen molar-refractivity contribution in [3.8, 4) is 11.3 Å². The predicted octanol–water partition coefficient (Wildman–Crippen LogP) is 4.75. The number of aryl methyl sites for hydroxylation is 1. The van der Waals surface area contributed by atoms with Gasteiger partial charge in [-0.15, -0.1) is 0 Å². The molecule has 0 saturated carbocycles. The number of anilines is 2. The van der Waals surface area contributed by atoms with Gasteiger partial charge in [-0.05, 0) is 58.2 Å². The van der Waals surface area contributed by atoms with E-state index < -0.39 is 5.60 Å². The summed E-state index contributed by atoms with van der Waals surface area (Å²) in [6, 6.07) is 7.31. The molecule has 2 aromatic heterocycles. The number of methoxy groups -OCH3 is 1. The van der Waals surface area contributed by atoms with E-state index in [-0.39, 0.29) is 18.1 Å². The summed E-state index contributed by atoms with van der Waals surface area (Å²) in [7, 11) is 1.36. The first kappa shape index (κ1) is 25.2. The van der Waals surface area contributed by atoms with Crippen molar-refractivity contribution in [2.24, 2.45) is 0 Å². The molecular formula is C26H32N6O4. The van der Waals surface area contributed by atoms with Crippen LogP contribution in [0.3, 0.4) is 0 Å². The maximum atomic E-state index is 12.3.